The van der Waals surface area contributed by atoms with E-state index in [1.54, 1.807) is 6.20 Å². The van der Waals surface area contributed by atoms with Gasteiger partial charge in [-0.3, -0.25) is 4.98 Å². The Hall–Kier alpha value is -1.19. The van der Waals surface area contributed by atoms with E-state index < -0.39 is 0 Å². The Balaban J connectivity index is 2.33. The zero-order valence-electron chi connectivity index (χ0n) is 10.0. The summed E-state index contributed by atoms with van der Waals surface area (Å²) in [4.78, 5) is 6.36. The predicted molar refractivity (Wildman–Crippen MR) is 74.8 cm³/mol. The van der Waals surface area contributed by atoms with Crippen molar-refractivity contribution in [3.8, 4) is 11.1 Å². The van der Waals surface area contributed by atoms with Crippen molar-refractivity contribution < 1.29 is 0 Å². The van der Waals surface area contributed by atoms with Crippen LogP contribution in [-0.2, 0) is 6.54 Å². The highest BCUT2D eigenvalue weighted by Crippen LogP contribution is 2.22. The molecule has 3 heteroatoms. The Kier molecular flexibility index (Phi) is 3.92. The molecule has 0 spiro atoms. The molecule has 0 amide bonds. The van der Waals surface area contributed by atoms with E-state index in [1.807, 2.05) is 6.20 Å². The fourth-order valence-electron chi connectivity index (χ4n) is 1.78. The van der Waals surface area contributed by atoms with Crippen LogP contribution in [0.15, 0.2) is 47.2 Å². The molecule has 17 heavy (non-hydrogen) atoms. The van der Waals surface area contributed by atoms with Crippen LogP contribution in [0.3, 0.4) is 0 Å². The third-order valence-corrected chi connectivity index (χ3v) is 2.90. The number of pyridine rings is 1. The van der Waals surface area contributed by atoms with Gasteiger partial charge in [-0.2, -0.15) is 0 Å². The second-order valence-corrected chi connectivity index (χ2v) is 5.25. The second kappa shape index (κ2) is 5.43. The first-order valence-corrected chi connectivity index (χ1v) is 6.29. The molecule has 88 valence electrons. The van der Waals surface area contributed by atoms with E-state index in [9.17, 15) is 0 Å². The summed E-state index contributed by atoms with van der Waals surface area (Å²) in [6, 6.07) is 10.7. The van der Waals surface area contributed by atoms with Crippen LogP contribution < -0.4 is 0 Å². The van der Waals surface area contributed by atoms with Crippen LogP contribution in [0.25, 0.3) is 11.1 Å². The molecule has 2 rings (SSSR count). The quantitative estimate of drug-likeness (QED) is 0.859. The molecule has 0 fully saturated rings. The second-order valence-electron chi connectivity index (χ2n) is 4.33. The van der Waals surface area contributed by atoms with Crippen LogP contribution in [0, 0.1) is 0 Å². The highest BCUT2D eigenvalue weighted by molar-refractivity contribution is 9.10. The lowest BCUT2D eigenvalue weighted by Crippen LogP contribution is -2.10. The van der Waals surface area contributed by atoms with Gasteiger partial charge >= 0.3 is 0 Å². The minimum atomic E-state index is 0.954. The van der Waals surface area contributed by atoms with Crippen molar-refractivity contribution in [1.29, 1.82) is 0 Å². The van der Waals surface area contributed by atoms with Gasteiger partial charge in [0.25, 0.3) is 0 Å². The number of hydrogen-bond acceptors (Lipinski definition) is 2. The maximum atomic E-state index is 4.19. The fraction of sp³-hybridized carbons (Fsp3) is 0.214. The van der Waals surface area contributed by atoms with E-state index in [4.69, 9.17) is 0 Å². The summed E-state index contributed by atoms with van der Waals surface area (Å²) in [5.74, 6) is 0. The lowest BCUT2D eigenvalue weighted by molar-refractivity contribution is 0.402. The average Bonchev–Trinajstić information content (AvgIpc) is 2.28. The molecule has 0 radical (unpaired) electrons. The van der Waals surface area contributed by atoms with Gasteiger partial charge in [0.1, 0.15) is 0 Å². The predicted octanol–water partition coefficient (Wildman–Crippen LogP) is 3.57. The number of nitrogens with zero attached hydrogens (tertiary/aromatic N) is 2. The molecule has 2 aromatic rings. The van der Waals surface area contributed by atoms with E-state index in [-0.39, 0.29) is 0 Å². The zero-order valence-corrected chi connectivity index (χ0v) is 11.6. The largest absolute Gasteiger partial charge is 0.305 e. The number of rotatable bonds is 3. The molecular weight excluding hydrogens is 276 g/mol. The van der Waals surface area contributed by atoms with Crippen LogP contribution in [-0.4, -0.2) is 24.0 Å². The van der Waals surface area contributed by atoms with E-state index in [1.165, 1.54) is 11.1 Å². The van der Waals surface area contributed by atoms with Crippen molar-refractivity contribution in [2.24, 2.45) is 0 Å². The number of aromatic nitrogens is 1. The van der Waals surface area contributed by atoms with Gasteiger partial charge in [0.2, 0.25) is 0 Å². The number of halogens is 1. The molecule has 2 nitrogen and oxygen atoms in total. The van der Waals surface area contributed by atoms with Crippen molar-refractivity contribution in [2.75, 3.05) is 14.1 Å². The molecule has 1 aromatic carbocycles. The molecule has 1 heterocycles. The Bertz CT molecular complexity index is 509. The van der Waals surface area contributed by atoms with Gasteiger partial charge in [-0.1, -0.05) is 18.2 Å². The van der Waals surface area contributed by atoms with E-state index in [0.29, 0.717) is 0 Å². The standard InChI is InChI=1S/C14H15BrN2/c1-17(2)10-11-4-3-5-12(6-11)13-7-14(15)9-16-8-13/h3-9H,10H2,1-2H3. The normalized spacial score (nSPS) is 10.8. The highest BCUT2D eigenvalue weighted by atomic mass is 79.9. The highest BCUT2D eigenvalue weighted by Gasteiger charge is 2.01. The Morgan fingerprint density at radius 3 is 2.65 bits per heavy atom. The van der Waals surface area contributed by atoms with Crippen molar-refractivity contribution in [3.63, 3.8) is 0 Å². The molecule has 0 saturated carbocycles. The van der Waals surface area contributed by atoms with Gasteiger partial charge in [0, 0.05) is 29.0 Å². The van der Waals surface area contributed by atoms with Crippen LogP contribution in [0.4, 0.5) is 0 Å². The molecule has 0 bridgehead atoms. The molecule has 0 aliphatic heterocycles. The summed E-state index contributed by atoms with van der Waals surface area (Å²) < 4.78 is 1.01. The van der Waals surface area contributed by atoms with E-state index in [2.05, 4.69) is 70.2 Å². The number of hydrogen-bond donors (Lipinski definition) is 0. The zero-order chi connectivity index (χ0) is 12.3. The minimum absolute atomic E-state index is 0.954. The molecule has 0 N–H and O–H groups in total. The molecule has 0 aliphatic carbocycles. The molecule has 0 unspecified atom stereocenters. The maximum absolute atomic E-state index is 4.19. The molecular formula is C14H15BrN2. The van der Waals surface area contributed by atoms with Gasteiger partial charge in [-0.25, -0.2) is 0 Å². The van der Waals surface area contributed by atoms with Crippen LogP contribution in [0.1, 0.15) is 5.56 Å². The summed E-state index contributed by atoms with van der Waals surface area (Å²) in [5.41, 5.74) is 3.66. The summed E-state index contributed by atoms with van der Waals surface area (Å²) in [7, 11) is 4.15. The van der Waals surface area contributed by atoms with Gasteiger partial charge < -0.3 is 4.90 Å². The SMILES string of the molecule is CN(C)Cc1cccc(-c2cncc(Br)c2)c1. The van der Waals surface area contributed by atoms with Gasteiger partial charge in [0.05, 0.1) is 0 Å². The fourth-order valence-corrected chi connectivity index (χ4v) is 2.15. The van der Waals surface area contributed by atoms with Crippen LogP contribution in [0.2, 0.25) is 0 Å². The van der Waals surface area contributed by atoms with Gasteiger partial charge in [-0.05, 0) is 53.3 Å². The first-order chi connectivity index (χ1) is 8.15. The van der Waals surface area contributed by atoms with E-state index >= 15 is 0 Å². The average molecular weight is 291 g/mol. The number of benzene rings is 1. The summed E-state index contributed by atoms with van der Waals surface area (Å²) in [6.07, 6.45) is 3.69. The summed E-state index contributed by atoms with van der Waals surface area (Å²) in [5, 5.41) is 0. The van der Waals surface area contributed by atoms with Crippen molar-refractivity contribution >= 4 is 15.9 Å². The van der Waals surface area contributed by atoms with Crippen LogP contribution in [0.5, 0.6) is 0 Å². The topological polar surface area (TPSA) is 16.1 Å². The van der Waals surface area contributed by atoms with Crippen molar-refractivity contribution in [2.45, 2.75) is 6.54 Å². The monoisotopic (exact) mass is 290 g/mol. The van der Waals surface area contributed by atoms with Crippen molar-refractivity contribution in [3.05, 3.63) is 52.8 Å². The molecule has 0 aliphatic rings. The lowest BCUT2D eigenvalue weighted by Gasteiger charge is -2.11. The van der Waals surface area contributed by atoms with E-state index in [0.717, 1.165) is 16.6 Å². The Morgan fingerprint density at radius 1 is 1.12 bits per heavy atom. The Morgan fingerprint density at radius 2 is 1.94 bits per heavy atom. The minimum Gasteiger partial charge on any atom is -0.305 e. The lowest BCUT2D eigenvalue weighted by atomic mass is 10.0. The van der Waals surface area contributed by atoms with Crippen molar-refractivity contribution in [1.82, 2.24) is 9.88 Å². The first-order valence-electron chi connectivity index (χ1n) is 5.50. The molecule has 1 aromatic heterocycles. The third kappa shape index (κ3) is 3.38. The van der Waals surface area contributed by atoms with Crippen LogP contribution >= 0.6 is 15.9 Å². The van der Waals surface area contributed by atoms with Gasteiger partial charge in [-0.15, -0.1) is 0 Å². The maximum Gasteiger partial charge on any atom is 0.0410 e. The molecule has 0 atom stereocenters. The summed E-state index contributed by atoms with van der Waals surface area (Å²) in [6.45, 7) is 0.954. The molecule has 0 saturated heterocycles. The smallest absolute Gasteiger partial charge is 0.0410 e. The summed E-state index contributed by atoms with van der Waals surface area (Å²) >= 11 is 3.45. The Labute approximate surface area is 110 Å². The third-order valence-electron chi connectivity index (χ3n) is 2.46. The van der Waals surface area contributed by atoms with Gasteiger partial charge in [0.15, 0.2) is 0 Å². The first kappa shape index (κ1) is 12.3.